The van der Waals surface area contributed by atoms with Gasteiger partial charge in [0.1, 0.15) is 5.69 Å². The van der Waals surface area contributed by atoms with Crippen molar-refractivity contribution in [2.45, 2.75) is 37.5 Å². The van der Waals surface area contributed by atoms with E-state index in [9.17, 15) is 18.0 Å². The van der Waals surface area contributed by atoms with Gasteiger partial charge in [0.2, 0.25) is 10.0 Å². The molecule has 33 heavy (non-hydrogen) atoms. The average molecular weight is 473 g/mol. The van der Waals surface area contributed by atoms with E-state index in [4.69, 9.17) is 0 Å². The Morgan fingerprint density at radius 3 is 2.55 bits per heavy atom. The van der Waals surface area contributed by atoms with E-state index in [2.05, 4.69) is 14.6 Å². The molecule has 2 saturated heterocycles. The highest BCUT2D eigenvalue weighted by Crippen LogP contribution is 2.19. The van der Waals surface area contributed by atoms with Gasteiger partial charge in [-0.15, -0.1) is 0 Å². The minimum Gasteiger partial charge on any atom is -0.356 e. The summed E-state index contributed by atoms with van der Waals surface area (Å²) in [5, 5.41) is 0. The van der Waals surface area contributed by atoms with Crippen LogP contribution in [0.2, 0.25) is 0 Å². The number of piperidine rings is 1. The van der Waals surface area contributed by atoms with E-state index < -0.39 is 10.0 Å². The summed E-state index contributed by atoms with van der Waals surface area (Å²) in [5.41, 5.74) is 1.98. The summed E-state index contributed by atoms with van der Waals surface area (Å²) < 4.78 is 27.9. The van der Waals surface area contributed by atoms with Crippen LogP contribution in [0.1, 0.15) is 52.1 Å². The lowest BCUT2D eigenvalue weighted by molar-refractivity contribution is 0.0787. The van der Waals surface area contributed by atoms with Crippen LogP contribution >= 0.6 is 0 Å². The number of likely N-dealkylation sites (tertiary alicyclic amines) is 2. The number of carbonyl (C=O) groups is 2. The third kappa shape index (κ3) is 5.90. The lowest BCUT2D eigenvalue weighted by Gasteiger charge is -2.32. The zero-order valence-corrected chi connectivity index (χ0v) is 19.9. The molecule has 4 rings (SSSR count). The Morgan fingerprint density at radius 1 is 1.09 bits per heavy atom. The molecule has 9 heteroatoms. The highest BCUT2D eigenvalue weighted by molar-refractivity contribution is 7.89. The van der Waals surface area contributed by atoms with Crippen LogP contribution in [0, 0.1) is 12.8 Å². The van der Waals surface area contributed by atoms with Crippen LogP contribution in [0.5, 0.6) is 0 Å². The molecule has 0 aliphatic carbocycles. The number of aryl methyl sites for hydroxylation is 1. The molecule has 0 bridgehead atoms. The molecule has 2 aromatic rings. The van der Waals surface area contributed by atoms with Crippen molar-refractivity contribution < 1.29 is 18.0 Å². The predicted molar refractivity (Wildman–Crippen MR) is 126 cm³/mol. The molecule has 0 spiro atoms. The van der Waals surface area contributed by atoms with Crippen LogP contribution in [0.15, 0.2) is 41.4 Å². The van der Waals surface area contributed by atoms with Crippen molar-refractivity contribution in [3.8, 4) is 0 Å². The van der Waals surface area contributed by atoms with Crippen molar-refractivity contribution in [2.24, 2.45) is 5.92 Å². The van der Waals surface area contributed by atoms with Crippen molar-refractivity contribution in [1.82, 2.24) is 19.5 Å². The standard InChI is InChI=1S/C24H32N4O4S/c1-18-6-8-21(9-7-18)33(31,32)26-14-19-5-4-10-27(16-19)17-23(29)20-13-22(25-15-20)24(30)28-11-2-3-12-28/h6-9,13,15,19,25-26H,2-5,10-12,14,16-17H2,1H3. The first-order valence-electron chi connectivity index (χ1n) is 11.6. The van der Waals surface area contributed by atoms with Crippen molar-refractivity contribution >= 4 is 21.7 Å². The number of nitrogens with zero attached hydrogens (tertiary/aromatic N) is 2. The van der Waals surface area contributed by atoms with Gasteiger partial charge in [-0.25, -0.2) is 13.1 Å². The molecule has 0 radical (unpaired) electrons. The number of hydrogen-bond acceptors (Lipinski definition) is 5. The van der Waals surface area contributed by atoms with Crippen LogP contribution in [-0.2, 0) is 10.0 Å². The molecule has 3 heterocycles. The number of sulfonamides is 1. The number of Topliss-reactive ketones (excluding diaryl/α,β-unsaturated/α-hetero) is 1. The van der Waals surface area contributed by atoms with Crippen LogP contribution < -0.4 is 4.72 Å². The number of amides is 1. The Kier molecular flexibility index (Phi) is 7.31. The van der Waals surface area contributed by atoms with Crippen molar-refractivity contribution in [3.05, 3.63) is 53.3 Å². The second-order valence-electron chi connectivity index (χ2n) is 9.13. The number of rotatable bonds is 8. The minimum absolute atomic E-state index is 0.0346. The van der Waals surface area contributed by atoms with E-state index in [1.54, 1.807) is 36.5 Å². The number of aromatic amines is 1. The SMILES string of the molecule is Cc1ccc(S(=O)(=O)NCC2CCCN(CC(=O)c3c[nH]c(C(=O)N4CCCC4)c3)C2)cc1. The van der Waals surface area contributed by atoms with Crippen LogP contribution in [0.4, 0.5) is 0 Å². The zero-order chi connectivity index (χ0) is 23.4. The molecule has 1 aromatic heterocycles. The minimum atomic E-state index is -3.55. The number of benzene rings is 1. The summed E-state index contributed by atoms with van der Waals surface area (Å²) in [4.78, 5) is 32.4. The lowest BCUT2D eigenvalue weighted by atomic mass is 9.98. The maximum Gasteiger partial charge on any atom is 0.270 e. The van der Waals surface area contributed by atoms with E-state index in [1.807, 2.05) is 11.8 Å². The number of ketones is 1. The van der Waals surface area contributed by atoms with E-state index >= 15 is 0 Å². The van der Waals surface area contributed by atoms with E-state index in [-0.39, 0.29) is 29.0 Å². The third-order valence-electron chi connectivity index (χ3n) is 6.49. The van der Waals surface area contributed by atoms with Gasteiger partial charge in [0.25, 0.3) is 5.91 Å². The Labute approximate surface area is 195 Å². The van der Waals surface area contributed by atoms with Crippen LogP contribution in [0.25, 0.3) is 0 Å². The normalized spacial score (nSPS) is 19.7. The van der Waals surface area contributed by atoms with Gasteiger partial charge >= 0.3 is 0 Å². The summed E-state index contributed by atoms with van der Waals surface area (Å²) in [5.74, 6) is 0.0587. The topological polar surface area (TPSA) is 103 Å². The van der Waals surface area contributed by atoms with Crippen molar-refractivity contribution in [3.63, 3.8) is 0 Å². The molecule has 2 aliphatic heterocycles. The number of aromatic nitrogens is 1. The Hall–Kier alpha value is -2.49. The molecule has 2 fully saturated rings. The molecule has 1 atom stereocenters. The summed E-state index contributed by atoms with van der Waals surface area (Å²) in [6.45, 7) is 5.52. The number of carbonyl (C=O) groups excluding carboxylic acids is 2. The van der Waals surface area contributed by atoms with Crippen molar-refractivity contribution in [2.75, 3.05) is 39.3 Å². The fourth-order valence-corrected chi connectivity index (χ4v) is 5.67. The molecule has 1 unspecified atom stereocenters. The highest BCUT2D eigenvalue weighted by atomic mass is 32.2. The first-order valence-corrected chi connectivity index (χ1v) is 13.1. The number of nitrogens with one attached hydrogen (secondary N) is 2. The quantitative estimate of drug-likeness (QED) is 0.575. The molecule has 1 amide bonds. The molecule has 0 saturated carbocycles. The molecule has 8 nitrogen and oxygen atoms in total. The Morgan fingerprint density at radius 2 is 1.82 bits per heavy atom. The van der Waals surface area contributed by atoms with Gasteiger partial charge in [-0.05, 0) is 63.3 Å². The molecule has 2 aliphatic rings. The highest BCUT2D eigenvalue weighted by Gasteiger charge is 2.26. The van der Waals surface area contributed by atoms with Gasteiger partial charge in [0.05, 0.1) is 11.4 Å². The fraction of sp³-hybridized carbons (Fsp3) is 0.500. The Bertz CT molecular complexity index is 1090. The largest absolute Gasteiger partial charge is 0.356 e. The molecular weight excluding hydrogens is 440 g/mol. The maximum atomic E-state index is 12.8. The summed E-state index contributed by atoms with van der Waals surface area (Å²) in [7, 11) is -3.55. The Balaban J connectivity index is 1.29. The second kappa shape index (κ2) is 10.2. The van der Waals surface area contributed by atoms with E-state index in [0.717, 1.165) is 50.9 Å². The predicted octanol–water partition coefficient (Wildman–Crippen LogP) is 2.43. The maximum absolute atomic E-state index is 12.8. The second-order valence-corrected chi connectivity index (χ2v) is 10.9. The molecule has 2 N–H and O–H groups in total. The fourth-order valence-electron chi connectivity index (χ4n) is 4.55. The first kappa shape index (κ1) is 23.7. The summed E-state index contributed by atoms with van der Waals surface area (Å²) in [6.07, 6.45) is 5.49. The lowest BCUT2D eigenvalue weighted by Crippen LogP contribution is -2.42. The average Bonchev–Trinajstić information content (AvgIpc) is 3.51. The summed E-state index contributed by atoms with van der Waals surface area (Å²) in [6, 6.07) is 8.45. The van der Waals surface area contributed by atoms with Gasteiger partial charge in [0, 0.05) is 37.9 Å². The van der Waals surface area contributed by atoms with Gasteiger partial charge in [-0.1, -0.05) is 17.7 Å². The smallest absolute Gasteiger partial charge is 0.270 e. The van der Waals surface area contributed by atoms with Crippen LogP contribution in [0.3, 0.4) is 0 Å². The van der Waals surface area contributed by atoms with Gasteiger partial charge < -0.3 is 9.88 Å². The molecule has 1 aromatic carbocycles. The molecular formula is C24H32N4O4S. The van der Waals surface area contributed by atoms with E-state index in [0.29, 0.717) is 24.3 Å². The van der Waals surface area contributed by atoms with Gasteiger partial charge in [0.15, 0.2) is 5.78 Å². The monoisotopic (exact) mass is 472 g/mol. The number of H-pyrrole nitrogens is 1. The molecule has 178 valence electrons. The van der Waals surface area contributed by atoms with E-state index in [1.165, 1.54) is 0 Å². The zero-order valence-electron chi connectivity index (χ0n) is 19.0. The third-order valence-corrected chi connectivity index (χ3v) is 7.93. The summed E-state index contributed by atoms with van der Waals surface area (Å²) >= 11 is 0. The van der Waals surface area contributed by atoms with Gasteiger partial charge in [-0.2, -0.15) is 0 Å². The number of hydrogen-bond donors (Lipinski definition) is 2. The first-order chi connectivity index (χ1) is 15.8. The van der Waals surface area contributed by atoms with Crippen molar-refractivity contribution in [1.29, 1.82) is 0 Å². The van der Waals surface area contributed by atoms with Gasteiger partial charge in [-0.3, -0.25) is 14.5 Å². The van der Waals surface area contributed by atoms with Crippen LogP contribution in [-0.4, -0.2) is 74.2 Å².